The zero-order chi connectivity index (χ0) is 19.9. The summed E-state index contributed by atoms with van der Waals surface area (Å²) in [7, 11) is 0. The zero-order valence-corrected chi connectivity index (χ0v) is 15.7. The highest BCUT2D eigenvalue weighted by Crippen LogP contribution is 2.24. The maximum absolute atomic E-state index is 12.2. The topological polar surface area (TPSA) is 73.3 Å². The third-order valence-corrected chi connectivity index (χ3v) is 4.34. The number of anilines is 1. The van der Waals surface area contributed by atoms with Gasteiger partial charge in [-0.05, 0) is 48.4 Å². The van der Waals surface area contributed by atoms with Crippen molar-refractivity contribution in [3.8, 4) is 22.9 Å². The van der Waals surface area contributed by atoms with E-state index in [4.69, 9.17) is 4.74 Å². The maximum Gasteiger partial charge on any atom is 0.387 e. The first kappa shape index (κ1) is 19.7. The molecule has 2 aromatic carbocycles. The van der Waals surface area contributed by atoms with Gasteiger partial charge < -0.3 is 9.47 Å². The van der Waals surface area contributed by atoms with Gasteiger partial charge in [-0.25, -0.2) is 0 Å². The van der Waals surface area contributed by atoms with Gasteiger partial charge in [-0.3, -0.25) is 10.1 Å². The summed E-state index contributed by atoms with van der Waals surface area (Å²) < 4.78 is 38.3. The Labute approximate surface area is 164 Å². The number of nitrogens with zero attached hydrogens (tertiary/aromatic N) is 2. The minimum absolute atomic E-state index is 0.0478. The number of carbonyl (C=O) groups is 1. The van der Waals surface area contributed by atoms with Gasteiger partial charge >= 0.3 is 6.61 Å². The third-order valence-electron chi connectivity index (χ3n) is 3.71. The molecule has 9 heteroatoms. The van der Waals surface area contributed by atoms with Crippen molar-refractivity contribution in [3.05, 3.63) is 54.1 Å². The Morgan fingerprint density at radius 3 is 2.43 bits per heavy atom. The van der Waals surface area contributed by atoms with Gasteiger partial charge in [0.1, 0.15) is 11.5 Å². The number of halogens is 2. The van der Waals surface area contributed by atoms with Crippen molar-refractivity contribution in [2.24, 2.45) is 0 Å². The van der Waals surface area contributed by atoms with E-state index in [0.717, 1.165) is 18.0 Å². The highest BCUT2D eigenvalue weighted by atomic mass is 32.1. The number of benzene rings is 2. The number of nitrogens with one attached hydrogen (secondary N) is 1. The van der Waals surface area contributed by atoms with E-state index in [1.54, 1.807) is 12.1 Å². The summed E-state index contributed by atoms with van der Waals surface area (Å²) in [6.45, 7) is -0.970. The van der Waals surface area contributed by atoms with Crippen molar-refractivity contribution < 1.29 is 23.0 Å². The smallest absolute Gasteiger partial charge is 0.387 e. The largest absolute Gasteiger partial charge is 0.484 e. The summed E-state index contributed by atoms with van der Waals surface area (Å²) in [5.74, 6) is 0.672. The molecule has 0 saturated carbocycles. The fourth-order valence-corrected chi connectivity index (χ4v) is 2.91. The molecule has 146 valence electrons. The molecular formula is C19H17F2N3O3S. The van der Waals surface area contributed by atoms with Gasteiger partial charge in [0.05, 0.1) is 0 Å². The summed E-state index contributed by atoms with van der Waals surface area (Å²) in [4.78, 5) is 16.2. The second kappa shape index (κ2) is 9.23. The molecule has 6 nitrogen and oxygen atoms in total. The number of hydrogen-bond donors (Lipinski definition) is 1. The molecule has 0 aliphatic rings. The fraction of sp³-hybridized carbons (Fsp3) is 0.211. The van der Waals surface area contributed by atoms with Crippen LogP contribution in [0.4, 0.5) is 13.9 Å². The molecule has 1 N–H and O–H groups in total. The Kier molecular flexibility index (Phi) is 6.49. The Morgan fingerprint density at radius 2 is 1.79 bits per heavy atom. The number of hydrogen-bond acceptors (Lipinski definition) is 6. The van der Waals surface area contributed by atoms with E-state index in [1.165, 1.54) is 17.7 Å². The molecule has 1 aromatic heterocycles. The quantitative estimate of drug-likeness (QED) is 0.602. The van der Waals surface area contributed by atoms with Crippen molar-refractivity contribution in [1.82, 2.24) is 9.36 Å². The van der Waals surface area contributed by atoms with Gasteiger partial charge in [0.2, 0.25) is 5.13 Å². The number of alkyl halides is 2. The molecule has 3 rings (SSSR count). The molecule has 0 aliphatic carbocycles. The normalized spacial score (nSPS) is 10.7. The van der Waals surface area contributed by atoms with Crippen LogP contribution in [0.1, 0.15) is 12.5 Å². The number of aromatic nitrogens is 2. The fourth-order valence-electron chi connectivity index (χ4n) is 2.30. The standard InChI is InChI=1S/C19H17F2N3O3S/c1-2-12-3-7-14(8-4-12)26-11-16(25)22-19-23-17(24-28-19)13-5-9-15(10-6-13)27-18(20)21/h3-10,18H,2,11H2,1H3,(H,22,23,24,25). The molecular weight excluding hydrogens is 388 g/mol. The molecule has 0 unspecified atom stereocenters. The molecule has 0 bridgehead atoms. The number of ether oxygens (including phenoxy) is 2. The van der Waals surface area contributed by atoms with E-state index in [1.807, 2.05) is 24.3 Å². The summed E-state index contributed by atoms with van der Waals surface area (Å²) in [5, 5.41) is 2.94. The Hall–Kier alpha value is -3.07. The van der Waals surface area contributed by atoms with Gasteiger partial charge in [-0.15, -0.1) is 0 Å². The van der Waals surface area contributed by atoms with Crippen LogP contribution in [0, 0.1) is 0 Å². The highest BCUT2D eigenvalue weighted by Gasteiger charge is 2.11. The van der Waals surface area contributed by atoms with Crippen molar-refractivity contribution in [2.45, 2.75) is 20.0 Å². The van der Waals surface area contributed by atoms with Crippen LogP contribution in [0.2, 0.25) is 0 Å². The van der Waals surface area contributed by atoms with E-state index in [2.05, 4.69) is 26.3 Å². The molecule has 0 atom stereocenters. The molecule has 0 spiro atoms. The molecule has 28 heavy (non-hydrogen) atoms. The molecule has 0 saturated heterocycles. The van der Waals surface area contributed by atoms with Crippen LogP contribution in [-0.4, -0.2) is 28.5 Å². The van der Waals surface area contributed by atoms with Gasteiger partial charge in [0.25, 0.3) is 5.91 Å². The van der Waals surface area contributed by atoms with Gasteiger partial charge in [0.15, 0.2) is 12.4 Å². The number of rotatable bonds is 8. The average molecular weight is 405 g/mol. The Morgan fingerprint density at radius 1 is 1.11 bits per heavy atom. The monoisotopic (exact) mass is 405 g/mol. The van der Waals surface area contributed by atoms with E-state index in [0.29, 0.717) is 22.3 Å². The summed E-state index contributed by atoms with van der Waals surface area (Å²) >= 11 is 1.01. The van der Waals surface area contributed by atoms with Crippen LogP contribution < -0.4 is 14.8 Å². The molecule has 1 amide bonds. The highest BCUT2D eigenvalue weighted by molar-refractivity contribution is 7.10. The number of amides is 1. The third kappa shape index (κ3) is 5.46. The van der Waals surface area contributed by atoms with Gasteiger partial charge in [-0.1, -0.05) is 19.1 Å². The molecule has 3 aromatic rings. The summed E-state index contributed by atoms with van der Waals surface area (Å²) in [5.41, 5.74) is 1.80. The second-order valence-corrected chi connectivity index (χ2v) is 6.41. The van der Waals surface area contributed by atoms with Crippen LogP contribution in [0.3, 0.4) is 0 Å². The van der Waals surface area contributed by atoms with Gasteiger partial charge in [0, 0.05) is 17.1 Å². The number of aryl methyl sites for hydroxylation is 1. The molecule has 0 radical (unpaired) electrons. The molecule has 0 aliphatic heterocycles. The first-order valence-electron chi connectivity index (χ1n) is 8.44. The van der Waals surface area contributed by atoms with E-state index in [-0.39, 0.29) is 18.3 Å². The minimum atomic E-state index is -2.88. The average Bonchev–Trinajstić information content (AvgIpc) is 3.15. The van der Waals surface area contributed by atoms with Crippen LogP contribution in [0.5, 0.6) is 11.5 Å². The first-order valence-corrected chi connectivity index (χ1v) is 9.21. The van der Waals surface area contributed by atoms with Crippen LogP contribution >= 0.6 is 11.5 Å². The Bertz CT molecular complexity index is 915. The van der Waals surface area contributed by atoms with E-state index >= 15 is 0 Å². The lowest BCUT2D eigenvalue weighted by Gasteiger charge is -2.06. The van der Waals surface area contributed by atoms with Crippen LogP contribution in [0.25, 0.3) is 11.4 Å². The van der Waals surface area contributed by atoms with Gasteiger partial charge in [-0.2, -0.15) is 18.1 Å². The predicted octanol–water partition coefficient (Wildman–Crippen LogP) is 4.39. The van der Waals surface area contributed by atoms with Crippen molar-refractivity contribution in [2.75, 3.05) is 11.9 Å². The first-order chi connectivity index (χ1) is 13.5. The molecule has 0 fully saturated rings. The zero-order valence-electron chi connectivity index (χ0n) is 14.9. The lowest BCUT2D eigenvalue weighted by atomic mass is 10.2. The second-order valence-electron chi connectivity index (χ2n) is 5.66. The van der Waals surface area contributed by atoms with E-state index < -0.39 is 6.61 Å². The van der Waals surface area contributed by atoms with Crippen molar-refractivity contribution in [3.63, 3.8) is 0 Å². The Balaban J connectivity index is 1.54. The van der Waals surface area contributed by atoms with E-state index in [9.17, 15) is 13.6 Å². The summed E-state index contributed by atoms with van der Waals surface area (Å²) in [6.07, 6.45) is 0.933. The maximum atomic E-state index is 12.2. The predicted molar refractivity (Wildman–Crippen MR) is 102 cm³/mol. The van der Waals surface area contributed by atoms with Crippen molar-refractivity contribution in [1.29, 1.82) is 0 Å². The lowest BCUT2D eigenvalue weighted by molar-refractivity contribution is -0.118. The van der Waals surface area contributed by atoms with Crippen LogP contribution in [0.15, 0.2) is 48.5 Å². The summed E-state index contributed by atoms with van der Waals surface area (Å²) in [6, 6.07) is 13.5. The number of carbonyl (C=O) groups excluding carboxylic acids is 1. The molecule has 1 heterocycles. The lowest BCUT2D eigenvalue weighted by Crippen LogP contribution is -2.20. The SMILES string of the molecule is CCc1ccc(OCC(=O)Nc2nc(-c3ccc(OC(F)F)cc3)ns2)cc1. The minimum Gasteiger partial charge on any atom is -0.484 e. The van der Waals surface area contributed by atoms with Crippen molar-refractivity contribution >= 4 is 22.6 Å². The van der Waals surface area contributed by atoms with Crippen LogP contribution in [-0.2, 0) is 11.2 Å².